The molecule has 116 valence electrons. The van der Waals surface area contributed by atoms with Gasteiger partial charge in [-0.15, -0.1) is 0 Å². The summed E-state index contributed by atoms with van der Waals surface area (Å²) in [6, 6.07) is 10.2. The lowest BCUT2D eigenvalue weighted by Crippen LogP contribution is -2.36. The highest BCUT2D eigenvalue weighted by Gasteiger charge is 2.30. The molecule has 1 aromatic rings. The Morgan fingerprint density at radius 3 is 2.71 bits per heavy atom. The number of nitrogens with two attached hydrogens (primary N) is 1. The maximum atomic E-state index is 12.0. The Balaban J connectivity index is 1.75. The number of amides is 1. The van der Waals surface area contributed by atoms with Gasteiger partial charge in [0.25, 0.3) is 0 Å². The summed E-state index contributed by atoms with van der Waals surface area (Å²) >= 11 is 0. The molecule has 0 bridgehead atoms. The molecule has 1 aromatic carbocycles. The highest BCUT2D eigenvalue weighted by Crippen LogP contribution is 2.29. The first kappa shape index (κ1) is 16.0. The fraction of sp³-hybridized carbons (Fsp3) is 0.588. The van der Waals surface area contributed by atoms with Gasteiger partial charge in [-0.3, -0.25) is 4.79 Å². The Bertz CT molecular complexity index is 422. The van der Waals surface area contributed by atoms with E-state index < -0.39 is 0 Å². The molecule has 4 heteroatoms. The molecule has 1 fully saturated rings. The average molecular weight is 290 g/mol. The van der Waals surface area contributed by atoms with Crippen LogP contribution in [0.15, 0.2) is 30.3 Å². The van der Waals surface area contributed by atoms with Gasteiger partial charge in [-0.25, -0.2) is 0 Å². The summed E-state index contributed by atoms with van der Waals surface area (Å²) in [4.78, 5) is 12.0. The van der Waals surface area contributed by atoms with Crippen molar-refractivity contribution in [1.82, 2.24) is 5.32 Å². The van der Waals surface area contributed by atoms with Crippen molar-refractivity contribution in [2.24, 2.45) is 5.73 Å². The van der Waals surface area contributed by atoms with E-state index in [2.05, 4.69) is 17.4 Å². The molecular formula is C17H26N2O2. The first-order valence-electron chi connectivity index (χ1n) is 7.97. The van der Waals surface area contributed by atoms with E-state index in [9.17, 15) is 4.79 Å². The third-order valence-electron chi connectivity index (χ3n) is 3.92. The normalized spacial score (nSPS) is 21.4. The van der Waals surface area contributed by atoms with Gasteiger partial charge in [-0.1, -0.05) is 43.2 Å². The monoisotopic (exact) mass is 290 g/mol. The predicted molar refractivity (Wildman–Crippen MR) is 83.8 cm³/mol. The summed E-state index contributed by atoms with van der Waals surface area (Å²) in [5.41, 5.74) is 6.60. The van der Waals surface area contributed by atoms with Crippen LogP contribution in [-0.4, -0.2) is 25.1 Å². The molecular weight excluding hydrogens is 264 g/mol. The Morgan fingerprint density at radius 1 is 1.19 bits per heavy atom. The Morgan fingerprint density at radius 2 is 1.95 bits per heavy atom. The van der Waals surface area contributed by atoms with Gasteiger partial charge < -0.3 is 15.8 Å². The molecule has 2 rings (SSSR count). The zero-order valence-corrected chi connectivity index (χ0v) is 12.6. The second-order valence-corrected chi connectivity index (χ2v) is 5.62. The van der Waals surface area contributed by atoms with Crippen molar-refractivity contribution in [2.45, 2.75) is 50.7 Å². The molecule has 21 heavy (non-hydrogen) atoms. The van der Waals surface area contributed by atoms with E-state index in [1.807, 2.05) is 18.2 Å². The van der Waals surface area contributed by atoms with E-state index in [0.29, 0.717) is 13.0 Å². The molecule has 0 saturated carbocycles. The summed E-state index contributed by atoms with van der Waals surface area (Å²) < 4.78 is 5.78. The first-order chi connectivity index (χ1) is 10.3. The van der Waals surface area contributed by atoms with Gasteiger partial charge >= 0.3 is 0 Å². The number of unbranched alkanes of at least 4 members (excludes halogenated alkanes) is 3. The molecule has 0 radical (unpaired) electrons. The molecule has 0 spiro atoms. The second kappa shape index (κ2) is 8.80. The fourth-order valence-corrected chi connectivity index (χ4v) is 2.77. The largest absolute Gasteiger partial charge is 0.371 e. The molecule has 1 heterocycles. The number of hydrogen-bond donors (Lipinski definition) is 2. The van der Waals surface area contributed by atoms with Crippen LogP contribution in [0.4, 0.5) is 0 Å². The molecule has 1 aliphatic rings. The topological polar surface area (TPSA) is 64.4 Å². The van der Waals surface area contributed by atoms with Crippen LogP contribution in [0.5, 0.6) is 0 Å². The molecule has 2 atom stereocenters. The summed E-state index contributed by atoms with van der Waals surface area (Å²) in [6.45, 7) is 1.45. The van der Waals surface area contributed by atoms with Crippen LogP contribution < -0.4 is 11.1 Å². The molecule has 1 amide bonds. The number of carbonyl (C=O) groups excluding carboxylic acids is 1. The Hall–Kier alpha value is -1.39. The number of rotatable bonds is 8. The van der Waals surface area contributed by atoms with E-state index in [4.69, 9.17) is 10.5 Å². The van der Waals surface area contributed by atoms with Crippen molar-refractivity contribution in [2.75, 3.05) is 13.2 Å². The summed E-state index contributed by atoms with van der Waals surface area (Å²) in [6.07, 6.45) is 5.66. The van der Waals surface area contributed by atoms with E-state index in [-0.39, 0.29) is 18.1 Å². The number of hydrogen-bond acceptors (Lipinski definition) is 3. The van der Waals surface area contributed by atoms with Crippen LogP contribution in [0, 0.1) is 0 Å². The number of carbonyl (C=O) groups is 1. The van der Waals surface area contributed by atoms with Gasteiger partial charge in [0.2, 0.25) is 5.91 Å². The third kappa shape index (κ3) is 5.14. The Kier molecular flexibility index (Phi) is 6.70. The molecule has 4 nitrogen and oxygen atoms in total. The molecule has 0 aromatic heterocycles. The van der Waals surface area contributed by atoms with Gasteiger partial charge in [0.05, 0.1) is 6.04 Å². The SMILES string of the molecule is NCCCCCCC(=O)NC1CCOC1c1ccccc1. The van der Waals surface area contributed by atoms with Crippen molar-refractivity contribution in [3.05, 3.63) is 35.9 Å². The van der Waals surface area contributed by atoms with Gasteiger partial charge in [-0.2, -0.15) is 0 Å². The van der Waals surface area contributed by atoms with Gasteiger partial charge in [0.15, 0.2) is 0 Å². The van der Waals surface area contributed by atoms with E-state index in [1.165, 1.54) is 0 Å². The van der Waals surface area contributed by atoms with Gasteiger partial charge in [0, 0.05) is 13.0 Å². The minimum atomic E-state index is -0.00705. The fourth-order valence-electron chi connectivity index (χ4n) is 2.77. The zero-order chi connectivity index (χ0) is 14.9. The summed E-state index contributed by atoms with van der Waals surface area (Å²) in [5.74, 6) is 0.138. The number of benzene rings is 1. The minimum absolute atomic E-state index is 0.00705. The van der Waals surface area contributed by atoms with Crippen molar-refractivity contribution in [1.29, 1.82) is 0 Å². The average Bonchev–Trinajstić information content (AvgIpc) is 2.96. The lowest BCUT2D eigenvalue weighted by atomic mass is 10.0. The van der Waals surface area contributed by atoms with Crippen LogP contribution in [0.2, 0.25) is 0 Å². The van der Waals surface area contributed by atoms with Crippen molar-refractivity contribution < 1.29 is 9.53 Å². The van der Waals surface area contributed by atoms with Crippen LogP contribution in [0.25, 0.3) is 0 Å². The van der Waals surface area contributed by atoms with Gasteiger partial charge in [-0.05, 0) is 31.4 Å². The van der Waals surface area contributed by atoms with E-state index >= 15 is 0 Å². The smallest absolute Gasteiger partial charge is 0.220 e. The zero-order valence-electron chi connectivity index (χ0n) is 12.6. The second-order valence-electron chi connectivity index (χ2n) is 5.62. The molecule has 1 saturated heterocycles. The quantitative estimate of drug-likeness (QED) is 0.723. The summed E-state index contributed by atoms with van der Waals surface area (Å²) in [7, 11) is 0. The van der Waals surface area contributed by atoms with Crippen molar-refractivity contribution in [3.63, 3.8) is 0 Å². The predicted octanol–water partition coefficient (Wildman–Crippen LogP) is 2.54. The van der Waals surface area contributed by atoms with Crippen molar-refractivity contribution >= 4 is 5.91 Å². The lowest BCUT2D eigenvalue weighted by molar-refractivity contribution is -0.122. The number of nitrogens with one attached hydrogen (secondary N) is 1. The van der Waals surface area contributed by atoms with E-state index in [1.54, 1.807) is 0 Å². The maximum absolute atomic E-state index is 12.0. The van der Waals surface area contributed by atoms with E-state index in [0.717, 1.165) is 44.2 Å². The maximum Gasteiger partial charge on any atom is 0.220 e. The van der Waals surface area contributed by atoms with Crippen LogP contribution in [0.1, 0.15) is 50.2 Å². The lowest BCUT2D eigenvalue weighted by Gasteiger charge is -2.20. The molecule has 2 unspecified atom stereocenters. The number of ether oxygens (including phenoxy) is 1. The molecule has 0 aliphatic carbocycles. The van der Waals surface area contributed by atoms with Crippen LogP contribution in [0.3, 0.4) is 0 Å². The molecule has 1 aliphatic heterocycles. The standard InChI is InChI=1S/C17H26N2O2/c18-12-7-2-1-6-10-16(20)19-15-11-13-21-17(15)14-8-4-3-5-9-14/h3-5,8-9,15,17H,1-2,6-7,10-13,18H2,(H,19,20). The third-order valence-corrected chi connectivity index (χ3v) is 3.92. The van der Waals surface area contributed by atoms with Gasteiger partial charge in [0.1, 0.15) is 6.10 Å². The van der Waals surface area contributed by atoms with Crippen LogP contribution >= 0.6 is 0 Å². The first-order valence-corrected chi connectivity index (χ1v) is 7.97. The van der Waals surface area contributed by atoms with Crippen molar-refractivity contribution in [3.8, 4) is 0 Å². The Labute approximate surface area is 127 Å². The highest BCUT2D eigenvalue weighted by molar-refractivity contribution is 5.76. The summed E-state index contributed by atoms with van der Waals surface area (Å²) in [5, 5.41) is 3.13. The van der Waals surface area contributed by atoms with Crippen LogP contribution in [-0.2, 0) is 9.53 Å². The highest BCUT2D eigenvalue weighted by atomic mass is 16.5. The molecule has 3 N–H and O–H groups in total. The minimum Gasteiger partial charge on any atom is -0.371 e.